The van der Waals surface area contributed by atoms with Crippen LogP contribution in [-0.2, 0) is 13.0 Å². The van der Waals surface area contributed by atoms with Crippen LogP contribution in [0.4, 0.5) is 5.69 Å². The summed E-state index contributed by atoms with van der Waals surface area (Å²) in [6, 6.07) is 17.1. The molecule has 1 N–H and O–H groups in total. The van der Waals surface area contributed by atoms with Crippen LogP contribution in [0.2, 0.25) is 0 Å². The van der Waals surface area contributed by atoms with E-state index >= 15 is 0 Å². The lowest BCUT2D eigenvalue weighted by molar-refractivity contribution is 0.801. The van der Waals surface area contributed by atoms with Gasteiger partial charge in [-0.05, 0) is 36.7 Å². The van der Waals surface area contributed by atoms with Crippen LogP contribution in [0, 0.1) is 0 Å². The number of hydrogen-bond donors (Lipinski definition) is 1. The number of nitrogens with one attached hydrogen (secondary N) is 1. The molecule has 0 atom stereocenters. The van der Waals surface area contributed by atoms with Gasteiger partial charge in [-0.25, -0.2) is 0 Å². The Bertz CT molecular complexity index is 540. The van der Waals surface area contributed by atoms with E-state index in [1.54, 1.807) is 0 Å². The van der Waals surface area contributed by atoms with Gasteiger partial charge in [0, 0.05) is 30.3 Å². The molecule has 2 nitrogen and oxygen atoms in total. The molecule has 0 aliphatic heterocycles. The number of halogens is 1. The highest BCUT2D eigenvalue weighted by molar-refractivity contribution is 9.10. The summed E-state index contributed by atoms with van der Waals surface area (Å²) >= 11 is 3.56. The van der Waals surface area contributed by atoms with Gasteiger partial charge >= 0.3 is 0 Å². The van der Waals surface area contributed by atoms with Crippen molar-refractivity contribution in [3.8, 4) is 0 Å². The lowest BCUT2D eigenvalue weighted by Gasteiger charge is -2.23. The molecule has 0 heterocycles. The van der Waals surface area contributed by atoms with Crippen molar-refractivity contribution in [3.05, 3.63) is 64.1 Å². The fourth-order valence-corrected chi connectivity index (χ4v) is 2.64. The Morgan fingerprint density at radius 3 is 2.55 bits per heavy atom. The first kappa shape index (κ1) is 15.1. The maximum Gasteiger partial charge on any atom is 0.0420 e. The van der Waals surface area contributed by atoms with E-state index in [-0.39, 0.29) is 0 Å². The molecule has 2 rings (SSSR count). The molecule has 0 aliphatic rings. The van der Waals surface area contributed by atoms with Crippen LogP contribution in [0.25, 0.3) is 0 Å². The quantitative estimate of drug-likeness (QED) is 0.864. The molecule has 20 heavy (non-hydrogen) atoms. The van der Waals surface area contributed by atoms with Crippen molar-refractivity contribution < 1.29 is 0 Å². The summed E-state index contributed by atoms with van der Waals surface area (Å²) in [5.41, 5.74) is 3.99. The third kappa shape index (κ3) is 4.09. The lowest BCUT2D eigenvalue weighted by atomic mass is 10.1. The highest BCUT2D eigenvalue weighted by Gasteiger charge is 2.08. The number of nitrogens with zero attached hydrogens (tertiary/aromatic N) is 1. The summed E-state index contributed by atoms with van der Waals surface area (Å²) in [6.07, 6.45) is 1.06. The van der Waals surface area contributed by atoms with Crippen LogP contribution in [0.5, 0.6) is 0 Å². The first-order chi connectivity index (χ1) is 9.70. The zero-order valence-electron chi connectivity index (χ0n) is 12.1. The lowest BCUT2D eigenvalue weighted by Crippen LogP contribution is -2.22. The van der Waals surface area contributed by atoms with Crippen LogP contribution >= 0.6 is 15.9 Å². The van der Waals surface area contributed by atoms with Gasteiger partial charge < -0.3 is 10.2 Å². The number of likely N-dealkylation sites (N-methyl/N-ethyl adjacent to an activating group) is 1. The fraction of sp³-hybridized carbons (Fsp3) is 0.294. The molecule has 3 heteroatoms. The summed E-state index contributed by atoms with van der Waals surface area (Å²) in [4.78, 5) is 2.32. The first-order valence-corrected chi connectivity index (χ1v) is 7.68. The normalized spacial score (nSPS) is 10.6. The van der Waals surface area contributed by atoms with Crippen LogP contribution in [0.3, 0.4) is 0 Å². The zero-order chi connectivity index (χ0) is 14.4. The summed E-state index contributed by atoms with van der Waals surface area (Å²) in [7, 11) is 4.14. The second-order valence-electron chi connectivity index (χ2n) is 4.96. The summed E-state index contributed by atoms with van der Waals surface area (Å²) < 4.78 is 1.12. The van der Waals surface area contributed by atoms with Gasteiger partial charge in [0.1, 0.15) is 0 Å². The van der Waals surface area contributed by atoms with E-state index in [9.17, 15) is 0 Å². The van der Waals surface area contributed by atoms with Crippen LogP contribution < -0.4 is 10.2 Å². The third-order valence-electron chi connectivity index (χ3n) is 3.40. The van der Waals surface area contributed by atoms with Crippen molar-refractivity contribution in [1.29, 1.82) is 0 Å². The van der Waals surface area contributed by atoms with Gasteiger partial charge in [-0.1, -0.05) is 52.3 Å². The molecule has 0 bridgehead atoms. The van der Waals surface area contributed by atoms with E-state index in [1.165, 1.54) is 16.8 Å². The summed E-state index contributed by atoms with van der Waals surface area (Å²) in [5.74, 6) is 0. The molecule has 0 fully saturated rings. The molecule has 0 spiro atoms. The monoisotopic (exact) mass is 332 g/mol. The largest absolute Gasteiger partial charge is 0.374 e. The Hall–Kier alpha value is -1.32. The minimum Gasteiger partial charge on any atom is -0.374 e. The Labute approximate surface area is 129 Å². The molecule has 0 radical (unpaired) electrons. The molecule has 0 amide bonds. The minimum atomic E-state index is 0.887. The smallest absolute Gasteiger partial charge is 0.0420 e. The van der Waals surface area contributed by atoms with Gasteiger partial charge in [-0.2, -0.15) is 0 Å². The molecule has 106 valence electrons. The predicted octanol–water partition coefficient (Wildman–Crippen LogP) is 3.85. The summed E-state index contributed by atoms with van der Waals surface area (Å²) in [6.45, 7) is 1.90. The van der Waals surface area contributed by atoms with Gasteiger partial charge in [-0.15, -0.1) is 0 Å². The molecule has 0 unspecified atom stereocenters. The SMILES string of the molecule is CNCc1ccc(Br)cc1N(C)CCc1ccccc1. The standard InChI is InChI=1S/C17H21BrN2/c1-19-13-15-8-9-16(18)12-17(15)20(2)11-10-14-6-4-3-5-7-14/h3-9,12,19H,10-11,13H2,1-2H3. The second kappa shape index (κ2) is 7.46. The van der Waals surface area contributed by atoms with Gasteiger partial charge in [0.2, 0.25) is 0 Å². The van der Waals surface area contributed by atoms with E-state index in [2.05, 4.69) is 81.7 Å². The van der Waals surface area contributed by atoms with Crippen molar-refractivity contribution in [3.63, 3.8) is 0 Å². The molecular weight excluding hydrogens is 312 g/mol. The van der Waals surface area contributed by atoms with Gasteiger partial charge in [0.05, 0.1) is 0 Å². The highest BCUT2D eigenvalue weighted by Crippen LogP contribution is 2.24. The number of rotatable bonds is 6. The van der Waals surface area contributed by atoms with E-state index < -0.39 is 0 Å². The maximum absolute atomic E-state index is 3.56. The van der Waals surface area contributed by atoms with Crippen molar-refractivity contribution in [2.45, 2.75) is 13.0 Å². The van der Waals surface area contributed by atoms with Gasteiger partial charge in [-0.3, -0.25) is 0 Å². The Morgan fingerprint density at radius 1 is 1.10 bits per heavy atom. The molecule has 0 saturated carbocycles. The highest BCUT2D eigenvalue weighted by atomic mass is 79.9. The molecule has 0 aromatic heterocycles. The van der Waals surface area contributed by atoms with E-state index in [4.69, 9.17) is 0 Å². The minimum absolute atomic E-state index is 0.887. The molecule has 2 aromatic carbocycles. The Morgan fingerprint density at radius 2 is 1.85 bits per heavy atom. The molecule has 0 aliphatic carbocycles. The number of anilines is 1. The van der Waals surface area contributed by atoms with E-state index in [1.807, 2.05) is 7.05 Å². The molecular formula is C17H21BrN2. The van der Waals surface area contributed by atoms with Crippen molar-refractivity contribution in [1.82, 2.24) is 5.32 Å². The number of benzene rings is 2. The fourth-order valence-electron chi connectivity index (χ4n) is 2.29. The van der Waals surface area contributed by atoms with Gasteiger partial charge in [0.15, 0.2) is 0 Å². The average molecular weight is 333 g/mol. The summed E-state index contributed by atoms with van der Waals surface area (Å²) in [5, 5.41) is 3.23. The van der Waals surface area contributed by atoms with E-state index in [0.29, 0.717) is 0 Å². The number of hydrogen-bond acceptors (Lipinski definition) is 2. The van der Waals surface area contributed by atoms with Crippen LogP contribution in [0.15, 0.2) is 53.0 Å². The average Bonchev–Trinajstić information content (AvgIpc) is 2.48. The maximum atomic E-state index is 3.56. The van der Waals surface area contributed by atoms with Crippen molar-refractivity contribution in [2.24, 2.45) is 0 Å². The third-order valence-corrected chi connectivity index (χ3v) is 3.90. The Balaban J connectivity index is 2.08. The van der Waals surface area contributed by atoms with Crippen LogP contribution in [-0.4, -0.2) is 20.6 Å². The second-order valence-corrected chi connectivity index (χ2v) is 5.88. The Kier molecular flexibility index (Phi) is 5.62. The topological polar surface area (TPSA) is 15.3 Å². The van der Waals surface area contributed by atoms with E-state index in [0.717, 1.165) is 24.0 Å². The van der Waals surface area contributed by atoms with Crippen molar-refractivity contribution in [2.75, 3.05) is 25.5 Å². The zero-order valence-corrected chi connectivity index (χ0v) is 13.7. The van der Waals surface area contributed by atoms with Crippen LogP contribution in [0.1, 0.15) is 11.1 Å². The van der Waals surface area contributed by atoms with Gasteiger partial charge in [0.25, 0.3) is 0 Å². The van der Waals surface area contributed by atoms with Crippen molar-refractivity contribution >= 4 is 21.6 Å². The predicted molar refractivity (Wildman–Crippen MR) is 90.3 cm³/mol. The molecule has 2 aromatic rings. The molecule has 0 saturated heterocycles. The first-order valence-electron chi connectivity index (χ1n) is 6.89.